The summed E-state index contributed by atoms with van der Waals surface area (Å²) in [5.41, 5.74) is 7.19. The van der Waals surface area contributed by atoms with Gasteiger partial charge in [0.05, 0.1) is 8.95 Å². The lowest BCUT2D eigenvalue weighted by Gasteiger charge is -2.12. The number of hydrogen-bond acceptors (Lipinski definition) is 2. The average Bonchev–Trinajstić information content (AvgIpc) is 2.40. The number of hydrogen-bond donors (Lipinski definition) is 1. The maximum Gasteiger partial charge on any atom is 0.148 e. The van der Waals surface area contributed by atoms with Crippen molar-refractivity contribution in [2.45, 2.75) is 13.0 Å². The fourth-order valence-electron chi connectivity index (χ4n) is 1.83. The monoisotopic (exact) mass is 401 g/mol. The van der Waals surface area contributed by atoms with Gasteiger partial charge in [0.1, 0.15) is 18.2 Å². The van der Waals surface area contributed by atoms with E-state index in [-0.39, 0.29) is 12.4 Å². The molecule has 0 aliphatic carbocycles. The van der Waals surface area contributed by atoms with Crippen molar-refractivity contribution >= 4 is 31.9 Å². The van der Waals surface area contributed by atoms with E-state index in [0.29, 0.717) is 17.9 Å². The molecule has 0 aliphatic heterocycles. The first-order valence-corrected chi connectivity index (χ1v) is 7.74. The van der Waals surface area contributed by atoms with E-state index in [4.69, 9.17) is 10.5 Å². The molecule has 0 bridgehead atoms. The minimum Gasteiger partial charge on any atom is -0.486 e. The van der Waals surface area contributed by atoms with E-state index in [1.807, 2.05) is 12.1 Å². The van der Waals surface area contributed by atoms with Gasteiger partial charge in [0.2, 0.25) is 0 Å². The van der Waals surface area contributed by atoms with E-state index in [9.17, 15) is 4.39 Å². The molecule has 0 saturated heterocycles. The van der Waals surface area contributed by atoms with Crippen molar-refractivity contribution in [3.63, 3.8) is 0 Å². The van der Waals surface area contributed by atoms with Crippen molar-refractivity contribution in [2.24, 2.45) is 5.73 Å². The molecule has 2 aromatic rings. The van der Waals surface area contributed by atoms with Gasteiger partial charge in [-0.25, -0.2) is 4.39 Å². The molecular weight excluding hydrogens is 389 g/mol. The van der Waals surface area contributed by atoms with E-state index < -0.39 is 0 Å². The van der Waals surface area contributed by atoms with Crippen molar-refractivity contribution < 1.29 is 9.13 Å². The topological polar surface area (TPSA) is 35.2 Å². The highest BCUT2D eigenvalue weighted by molar-refractivity contribution is 9.11. The summed E-state index contributed by atoms with van der Waals surface area (Å²) in [7, 11) is 0. The molecule has 0 fully saturated rings. The smallest absolute Gasteiger partial charge is 0.148 e. The molecule has 5 heteroatoms. The Morgan fingerprint density at radius 2 is 1.75 bits per heavy atom. The van der Waals surface area contributed by atoms with Crippen molar-refractivity contribution in [3.05, 3.63) is 62.3 Å². The van der Waals surface area contributed by atoms with Crippen LogP contribution in [0, 0.1) is 5.82 Å². The zero-order valence-electron chi connectivity index (χ0n) is 10.7. The third kappa shape index (κ3) is 3.81. The van der Waals surface area contributed by atoms with E-state index in [1.165, 1.54) is 6.07 Å². The standard InChI is InChI=1S/C15H14Br2FNO/c16-12-7-10(5-6-19)8-13(17)15(12)20-9-11-3-1-2-4-14(11)18/h1-4,7-8H,5-6,9,19H2. The Kier molecular flexibility index (Phi) is 5.57. The quantitative estimate of drug-likeness (QED) is 0.802. The van der Waals surface area contributed by atoms with Gasteiger partial charge in [-0.2, -0.15) is 0 Å². The third-order valence-corrected chi connectivity index (χ3v) is 4.00. The van der Waals surface area contributed by atoms with Crippen LogP contribution in [0.5, 0.6) is 5.75 Å². The van der Waals surface area contributed by atoms with Gasteiger partial charge in [0.15, 0.2) is 0 Å². The first kappa shape index (κ1) is 15.5. The van der Waals surface area contributed by atoms with E-state index in [0.717, 1.165) is 20.9 Å². The van der Waals surface area contributed by atoms with Gasteiger partial charge in [0, 0.05) is 5.56 Å². The van der Waals surface area contributed by atoms with Crippen LogP contribution < -0.4 is 10.5 Å². The molecule has 0 saturated carbocycles. The average molecular weight is 403 g/mol. The SMILES string of the molecule is NCCc1cc(Br)c(OCc2ccccc2F)c(Br)c1. The van der Waals surface area contributed by atoms with Crippen molar-refractivity contribution in [1.29, 1.82) is 0 Å². The van der Waals surface area contributed by atoms with Crippen LogP contribution in [-0.4, -0.2) is 6.54 Å². The Bertz CT molecular complexity index is 581. The minimum atomic E-state index is -0.264. The van der Waals surface area contributed by atoms with Crippen LogP contribution in [-0.2, 0) is 13.0 Å². The van der Waals surface area contributed by atoms with Gasteiger partial charge in [-0.1, -0.05) is 18.2 Å². The lowest BCUT2D eigenvalue weighted by atomic mass is 10.1. The summed E-state index contributed by atoms with van der Waals surface area (Å²) in [6.07, 6.45) is 0.796. The van der Waals surface area contributed by atoms with Crippen LogP contribution in [0.2, 0.25) is 0 Å². The lowest BCUT2D eigenvalue weighted by molar-refractivity contribution is 0.296. The Hall–Kier alpha value is -0.910. The molecule has 20 heavy (non-hydrogen) atoms. The molecule has 0 unspecified atom stereocenters. The second-order valence-electron chi connectivity index (χ2n) is 4.31. The van der Waals surface area contributed by atoms with Gasteiger partial charge in [0.25, 0.3) is 0 Å². The second-order valence-corrected chi connectivity index (χ2v) is 6.02. The first-order chi connectivity index (χ1) is 9.61. The summed E-state index contributed by atoms with van der Waals surface area (Å²) in [5, 5.41) is 0. The van der Waals surface area contributed by atoms with Crippen LogP contribution in [0.15, 0.2) is 45.3 Å². The number of nitrogens with two attached hydrogens (primary N) is 1. The highest BCUT2D eigenvalue weighted by Crippen LogP contribution is 2.35. The van der Waals surface area contributed by atoms with Crippen LogP contribution >= 0.6 is 31.9 Å². The Morgan fingerprint density at radius 3 is 2.35 bits per heavy atom. The molecule has 0 amide bonds. The molecule has 0 aromatic heterocycles. The normalized spacial score (nSPS) is 10.6. The van der Waals surface area contributed by atoms with E-state index in [1.54, 1.807) is 18.2 Å². The minimum absolute atomic E-state index is 0.181. The van der Waals surface area contributed by atoms with Gasteiger partial charge in [-0.15, -0.1) is 0 Å². The summed E-state index contributed by atoms with van der Waals surface area (Å²) in [4.78, 5) is 0. The molecule has 0 aliphatic rings. The van der Waals surface area contributed by atoms with Crippen molar-refractivity contribution in [1.82, 2.24) is 0 Å². The summed E-state index contributed by atoms with van der Waals surface area (Å²) < 4.78 is 20.9. The molecule has 2 rings (SSSR count). The Balaban J connectivity index is 2.16. The highest BCUT2D eigenvalue weighted by Gasteiger charge is 2.10. The number of benzene rings is 2. The fraction of sp³-hybridized carbons (Fsp3) is 0.200. The first-order valence-electron chi connectivity index (χ1n) is 6.16. The predicted molar refractivity (Wildman–Crippen MR) is 85.3 cm³/mol. The molecule has 2 aromatic carbocycles. The summed E-state index contributed by atoms with van der Waals surface area (Å²) in [6.45, 7) is 0.772. The molecular formula is C15H14Br2FNO. The van der Waals surface area contributed by atoms with Gasteiger partial charge >= 0.3 is 0 Å². The summed E-state index contributed by atoms with van der Waals surface area (Å²) in [5.74, 6) is 0.397. The molecule has 2 N–H and O–H groups in total. The summed E-state index contributed by atoms with van der Waals surface area (Å²) >= 11 is 6.94. The van der Waals surface area contributed by atoms with Gasteiger partial charge < -0.3 is 10.5 Å². The van der Waals surface area contributed by atoms with Crippen molar-refractivity contribution in [3.8, 4) is 5.75 Å². The Morgan fingerprint density at radius 1 is 1.10 bits per heavy atom. The summed E-state index contributed by atoms with van der Waals surface area (Å²) in [6, 6.07) is 10.5. The molecule has 0 atom stereocenters. The van der Waals surface area contributed by atoms with Gasteiger partial charge in [-0.3, -0.25) is 0 Å². The maximum absolute atomic E-state index is 13.5. The number of rotatable bonds is 5. The highest BCUT2D eigenvalue weighted by atomic mass is 79.9. The lowest BCUT2D eigenvalue weighted by Crippen LogP contribution is -2.04. The predicted octanol–water partition coefficient (Wildman–Crippen LogP) is 4.43. The zero-order valence-corrected chi connectivity index (χ0v) is 13.9. The van der Waals surface area contributed by atoms with E-state index >= 15 is 0 Å². The van der Waals surface area contributed by atoms with Crippen molar-refractivity contribution in [2.75, 3.05) is 6.54 Å². The van der Waals surface area contributed by atoms with Crippen LogP contribution in [0.1, 0.15) is 11.1 Å². The zero-order chi connectivity index (χ0) is 14.5. The number of halogens is 3. The number of ether oxygens (including phenoxy) is 1. The van der Waals surface area contributed by atoms with Crippen LogP contribution in [0.25, 0.3) is 0 Å². The maximum atomic E-state index is 13.5. The second kappa shape index (κ2) is 7.20. The molecule has 106 valence electrons. The van der Waals surface area contributed by atoms with E-state index in [2.05, 4.69) is 31.9 Å². The van der Waals surface area contributed by atoms with Gasteiger partial charge in [-0.05, 0) is 68.6 Å². The van der Waals surface area contributed by atoms with Crippen LogP contribution in [0.4, 0.5) is 4.39 Å². The molecule has 2 nitrogen and oxygen atoms in total. The third-order valence-electron chi connectivity index (χ3n) is 2.82. The largest absolute Gasteiger partial charge is 0.486 e. The molecule has 0 spiro atoms. The Labute approximate surface area is 134 Å². The fourth-order valence-corrected chi connectivity index (χ4v) is 3.34. The van der Waals surface area contributed by atoms with Crippen LogP contribution in [0.3, 0.4) is 0 Å². The molecule has 0 radical (unpaired) electrons. The molecule has 0 heterocycles.